The van der Waals surface area contributed by atoms with Crippen LogP contribution in [0, 0.1) is 5.92 Å². The SMILES string of the molecule is COCC1C=C(N)C1. The van der Waals surface area contributed by atoms with Crippen LogP contribution in [0.2, 0.25) is 0 Å². The number of allylic oxidation sites excluding steroid dienone is 1. The van der Waals surface area contributed by atoms with Crippen molar-refractivity contribution in [3.05, 3.63) is 11.8 Å². The summed E-state index contributed by atoms with van der Waals surface area (Å²) in [5.41, 5.74) is 6.41. The second-order valence-electron chi connectivity index (χ2n) is 2.16. The highest BCUT2D eigenvalue weighted by Gasteiger charge is 2.14. The van der Waals surface area contributed by atoms with Crippen LogP contribution in [-0.2, 0) is 4.74 Å². The first-order chi connectivity index (χ1) is 3.83. The highest BCUT2D eigenvalue weighted by atomic mass is 16.5. The second-order valence-corrected chi connectivity index (χ2v) is 2.16. The molecular weight excluding hydrogens is 102 g/mol. The zero-order chi connectivity index (χ0) is 5.98. The summed E-state index contributed by atoms with van der Waals surface area (Å²) >= 11 is 0. The second kappa shape index (κ2) is 2.18. The third-order valence-electron chi connectivity index (χ3n) is 1.33. The van der Waals surface area contributed by atoms with Gasteiger partial charge in [-0.2, -0.15) is 0 Å². The molecule has 0 amide bonds. The standard InChI is InChI=1S/C6H11NO/c1-8-4-5-2-6(7)3-5/h2,5H,3-4,7H2,1H3. The maximum absolute atomic E-state index is 5.40. The van der Waals surface area contributed by atoms with Gasteiger partial charge in [-0.1, -0.05) is 6.08 Å². The van der Waals surface area contributed by atoms with E-state index >= 15 is 0 Å². The third-order valence-corrected chi connectivity index (χ3v) is 1.33. The summed E-state index contributed by atoms with van der Waals surface area (Å²) in [5.74, 6) is 0.597. The molecule has 0 heterocycles. The Labute approximate surface area is 49.3 Å². The van der Waals surface area contributed by atoms with E-state index in [9.17, 15) is 0 Å². The van der Waals surface area contributed by atoms with Crippen LogP contribution < -0.4 is 5.73 Å². The van der Waals surface area contributed by atoms with Crippen molar-refractivity contribution in [3.63, 3.8) is 0 Å². The Bertz CT molecular complexity index is 109. The first-order valence-electron chi connectivity index (χ1n) is 2.78. The minimum atomic E-state index is 0.597. The molecule has 46 valence electrons. The molecule has 1 aliphatic carbocycles. The van der Waals surface area contributed by atoms with Crippen LogP contribution in [0.15, 0.2) is 11.8 Å². The number of rotatable bonds is 2. The van der Waals surface area contributed by atoms with Gasteiger partial charge in [0.25, 0.3) is 0 Å². The van der Waals surface area contributed by atoms with Crippen LogP contribution in [0.3, 0.4) is 0 Å². The Balaban J connectivity index is 2.16. The lowest BCUT2D eigenvalue weighted by atomic mass is 9.93. The monoisotopic (exact) mass is 113 g/mol. The molecule has 0 aromatic carbocycles. The molecule has 0 saturated heterocycles. The van der Waals surface area contributed by atoms with E-state index in [4.69, 9.17) is 10.5 Å². The summed E-state index contributed by atoms with van der Waals surface area (Å²) in [7, 11) is 1.71. The molecule has 0 spiro atoms. The molecule has 0 fully saturated rings. The van der Waals surface area contributed by atoms with Crippen LogP contribution in [-0.4, -0.2) is 13.7 Å². The van der Waals surface area contributed by atoms with Crippen molar-refractivity contribution >= 4 is 0 Å². The summed E-state index contributed by atoms with van der Waals surface area (Å²) in [6, 6.07) is 0. The predicted molar refractivity (Wildman–Crippen MR) is 32.3 cm³/mol. The fourth-order valence-corrected chi connectivity index (χ4v) is 0.893. The Hall–Kier alpha value is -0.500. The fraction of sp³-hybridized carbons (Fsp3) is 0.667. The van der Waals surface area contributed by atoms with E-state index in [0.29, 0.717) is 5.92 Å². The molecule has 2 heteroatoms. The van der Waals surface area contributed by atoms with Gasteiger partial charge in [-0.25, -0.2) is 0 Å². The molecule has 0 radical (unpaired) electrons. The molecule has 2 N–H and O–H groups in total. The average Bonchev–Trinajstić information content (AvgIpc) is 1.64. The summed E-state index contributed by atoms with van der Waals surface area (Å²) < 4.78 is 4.89. The van der Waals surface area contributed by atoms with Crippen LogP contribution in [0.1, 0.15) is 6.42 Å². The van der Waals surface area contributed by atoms with Gasteiger partial charge >= 0.3 is 0 Å². The molecule has 0 aromatic heterocycles. The third kappa shape index (κ3) is 1.01. The lowest BCUT2D eigenvalue weighted by molar-refractivity contribution is 0.162. The van der Waals surface area contributed by atoms with E-state index in [1.54, 1.807) is 7.11 Å². The van der Waals surface area contributed by atoms with Gasteiger partial charge in [0.1, 0.15) is 0 Å². The zero-order valence-electron chi connectivity index (χ0n) is 5.05. The normalized spacial score (nSPS) is 26.6. The molecule has 0 aliphatic heterocycles. The van der Waals surface area contributed by atoms with Gasteiger partial charge in [-0.15, -0.1) is 0 Å². The minimum Gasteiger partial charge on any atom is -0.402 e. The highest BCUT2D eigenvalue weighted by molar-refractivity contribution is 5.12. The number of ether oxygens (including phenoxy) is 1. The molecule has 1 aliphatic rings. The average molecular weight is 113 g/mol. The van der Waals surface area contributed by atoms with Crippen LogP contribution >= 0.6 is 0 Å². The van der Waals surface area contributed by atoms with Crippen LogP contribution in [0.4, 0.5) is 0 Å². The molecule has 0 aromatic rings. The summed E-state index contributed by atoms with van der Waals surface area (Å²) in [4.78, 5) is 0. The number of hydrogen-bond donors (Lipinski definition) is 1. The molecule has 0 bridgehead atoms. The summed E-state index contributed by atoms with van der Waals surface area (Å²) in [5, 5.41) is 0. The predicted octanol–water partition coefficient (Wildman–Crippen LogP) is 0.495. The zero-order valence-corrected chi connectivity index (χ0v) is 5.05. The molecule has 8 heavy (non-hydrogen) atoms. The van der Waals surface area contributed by atoms with E-state index in [0.717, 1.165) is 18.7 Å². The molecule has 1 unspecified atom stereocenters. The Morgan fingerprint density at radius 2 is 2.62 bits per heavy atom. The van der Waals surface area contributed by atoms with Gasteiger partial charge in [0.2, 0.25) is 0 Å². The van der Waals surface area contributed by atoms with Gasteiger partial charge in [0, 0.05) is 18.7 Å². The van der Waals surface area contributed by atoms with Crippen molar-refractivity contribution in [2.24, 2.45) is 11.7 Å². The Morgan fingerprint density at radius 3 is 3.00 bits per heavy atom. The maximum atomic E-state index is 5.40. The molecular formula is C6H11NO. The van der Waals surface area contributed by atoms with Gasteiger partial charge < -0.3 is 10.5 Å². The number of nitrogens with two attached hydrogens (primary N) is 1. The Kier molecular flexibility index (Phi) is 1.53. The molecule has 2 nitrogen and oxygen atoms in total. The number of hydrogen-bond acceptors (Lipinski definition) is 2. The molecule has 1 atom stereocenters. The summed E-state index contributed by atoms with van der Waals surface area (Å²) in [6.07, 6.45) is 3.07. The Morgan fingerprint density at radius 1 is 2.00 bits per heavy atom. The van der Waals surface area contributed by atoms with E-state index in [-0.39, 0.29) is 0 Å². The van der Waals surface area contributed by atoms with Crippen molar-refractivity contribution in [1.82, 2.24) is 0 Å². The quantitative estimate of drug-likeness (QED) is 0.565. The van der Waals surface area contributed by atoms with Crippen molar-refractivity contribution < 1.29 is 4.74 Å². The fourth-order valence-electron chi connectivity index (χ4n) is 0.893. The van der Waals surface area contributed by atoms with Gasteiger partial charge in [0.15, 0.2) is 0 Å². The van der Waals surface area contributed by atoms with Crippen molar-refractivity contribution in [1.29, 1.82) is 0 Å². The smallest absolute Gasteiger partial charge is 0.0529 e. The minimum absolute atomic E-state index is 0.597. The lowest BCUT2D eigenvalue weighted by Crippen LogP contribution is -2.19. The van der Waals surface area contributed by atoms with Crippen molar-refractivity contribution in [2.45, 2.75) is 6.42 Å². The van der Waals surface area contributed by atoms with Crippen molar-refractivity contribution in [3.8, 4) is 0 Å². The van der Waals surface area contributed by atoms with Crippen LogP contribution in [0.5, 0.6) is 0 Å². The summed E-state index contributed by atoms with van der Waals surface area (Å²) in [6.45, 7) is 0.820. The van der Waals surface area contributed by atoms with E-state index in [2.05, 4.69) is 0 Å². The van der Waals surface area contributed by atoms with Crippen LogP contribution in [0.25, 0.3) is 0 Å². The first-order valence-corrected chi connectivity index (χ1v) is 2.78. The van der Waals surface area contributed by atoms with E-state index < -0.39 is 0 Å². The van der Waals surface area contributed by atoms with Gasteiger partial charge in [0.05, 0.1) is 6.61 Å². The van der Waals surface area contributed by atoms with Gasteiger partial charge in [-0.05, 0) is 6.42 Å². The lowest BCUT2D eigenvalue weighted by Gasteiger charge is -2.20. The van der Waals surface area contributed by atoms with E-state index in [1.165, 1.54) is 0 Å². The molecule has 0 saturated carbocycles. The molecule has 1 rings (SSSR count). The number of methoxy groups -OCH3 is 1. The largest absolute Gasteiger partial charge is 0.402 e. The van der Waals surface area contributed by atoms with Crippen molar-refractivity contribution in [2.75, 3.05) is 13.7 Å². The van der Waals surface area contributed by atoms with E-state index in [1.807, 2.05) is 6.08 Å². The first kappa shape index (κ1) is 5.63. The maximum Gasteiger partial charge on any atom is 0.0529 e. The topological polar surface area (TPSA) is 35.2 Å². The highest BCUT2D eigenvalue weighted by Crippen LogP contribution is 2.20. The van der Waals surface area contributed by atoms with Gasteiger partial charge in [-0.3, -0.25) is 0 Å².